The highest BCUT2D eigenvalue weighted by atomic mass is 16.2. The van der Waals surface area contributed by atoms with Crippen LogP contribution in [0.15, 0.2) is 0 Å². The van der Waals surface area contributed by atoms with E-state index in [1.165, 1.54) is 4.90 Å². The number of amides is 2. The second-order valence-electron chi connectivity index (χ2n) is 5.18. The van der Waals surface area contributed by atoms with Gasteiger partial charge in [-0.3, -0.25) is 14.5 Å². The Bertz CT molecular complexity index is 303. The van der Waals surface area contributed by atoms with Gasteiger partial charge in [0.25, 0.3) is 0 Å². The van der Waals surface area contributed by atoms with E-state index in [2.05, 4.69) is 12.2 Å². The summed E-state index contributed by atoms with van der Waals surface area (Å²) in [4.78, 5) is 24.9. The molecule has 3 unspecified atom stereocenters. The first-order valence-corrected chi connectivity index (χ1v) is 6.14. The highest BCUT2D eigenvalue weighted by molar-refractivity contribution is 6.03. The molecular weight excluding hydrogens is 204 g/mol. The largest absolute Gasteiger partial charge is 0.316 e. The number of hydrogen-bond acceptors (Lipinski definition) is 3. The second-order valence-corrected chi connectivity index (χ2v) is 5.18. The zero-order valence-corrected chi connectivity index (χ0v) is 10.0. The molecule has 2 rings (SSSR count). The van der Waals surface area contributed by atoms with E-state index >= 15 is 0 Å². The van der Waals surface area contributed by atoms with Crippen LogP contribution < -0.4 is 5.32 Å². The Morgan fingerprint density at radius 1 is 1.38 bits per heavy atom. The van der Waals surface area contributed by atoms with Crippen LogP contribution in [0.2, 0.25) is 0 Å². The number of rotatable bonds is 2. The molecule has 2 heterocycles. The smallest absolute Gasteiger partial charge is 0.232 e. The van der Waals surface area contributed by atoms with Gasteiger partial charge in [-0.2, -0.15) is 0 Å². The van der Waals surface area contributed by atoms with Crippen molar-refractivity contribution < 1.29 is 9.59 Å². The van der Waals surface area contributed by atoms with Gasteiger partial charge in [0.2, 0.25) is 11.8 Å². The Morgan fingerprint density at radius 3 is 2.69 bits per heavy atom. The van der Waals surface area contributed by atoms with E-state index < -0.39 is 0 Å². The van der Waals surface area contributed by atoms with Crippen molar-refractivity contribution in [3.05, 3.63) is 0 Å². The summed E-state index contributed by atoms with van der Waals surface area (Å²) in [5, 5.41) is 3.33. The van der Waals surface area contributed by atoms with Crippen LogP contribution in [0.1, 0.15) is 26.7 Å². The van der Waals surface area contributed by atoms with Crippen molar-refractivity contribution in [3.63, 3.8) is 0 Å². The molecule has 4 nitrogen and oxygen atoms in total. The van der Waals surface area contributed by atoms with Crippen molar-refractivity contribution in [2.45, 2.75) is 26.7 Å². The zero-order valence-electron chi connectivity index (χ0n) is 10.0. The fourth-order valence-electron chi connectivity index (χ4n) is 2.61. The lowest BCUT2D eigenvalue weighted by atomic mass is 9.87. The van der Waals surface area contributed by atoms with E-state index in [0.717, 1.165) is 19.5 Å². The van der Waals surface area contributed by atoms with Crippen LogP contribution in [0.25, 0.3) is 0 Å². The van der Waals surface area contributed by atoms with Gasteiger partial charge in [0.15, 0.2) is 0 Å². The van der Waals surface area contributed by atoms with E-state index in [9.17, 15) is 9.59 Å². The van der Waals surface area contributed by atoms with Crippen molar-refractivity contribution in [1.29, 1.82) is 0 Å². The summed E-state index contributed by atoms with van der Waals surface area (Å²) in [5.41, 5.74) is 0. The Kier molecular flexibility index (Phi) is 3.28. The lowest BCUT2D eigenvalue weighted by molar-refractivity contribution is -0.140. The molecule has 0 radical (unpaired) electrons. The minimum Gasteiger partial charge on any atom is -0.316 e. The monoisotopic (exact) mass is 224 g/mol. The van der Waals surface area contributed by atoms with Gasteiger partial charge in [-0.1, -0.05) is 13.8 Å². The Balaban J connectivity index is 1.98. The predicted octanol–water partition coefficient (Wildman–Crippen LogP) is 0.627. The van der Waals surface area contributed by atoms with Gasteiger partial charge < -0.3 is 5.32 Å². The van der Waals surface area contributed by atoms with Crippen molar-refractivity contribution in [1.82, 2.24) is 10.2 Å². The highest BCUT2D eigenvalue weighted by Crippen LogP contribution is 2.25. The Morgan fingerprint density at radius 2 is 2.12 bits per heavy atom. The minimum atomic E-state index is -0.107. The zero-order chi connectivity index (χ0) is 11.7. The SMILES string of the molecule is CC1CC(=O)N(CC2CCNCC2C)C1=O. The second kappa shape index (κ2) is 4.53. The van der Waals surface area contributed by atoms with Crippen LogP contribution in [0.5, 0.6) is 0 Å². The number of carbonyl (C=O) groups excluding carboxylic acids is 2. The molecule has 2 aliphatic rings. The maximum atomic E-state index is 11.8. The number of nitrogens with zero attached hydrogens (tertiary/aromatic N) is 1. The van der Waals surface area contributed by atoms with Crippen molar-refractivity contribution >= 4 is 11.8 Å². The molecule has 4 heteroatoms. The van der Waals surface area contributed by atoms with E-state index in [0.29, 0.717) is 24.8 Å². The van der Waals surface area contributed by atoms with Gasteiger partial charge in [-0.25, -0.2) is 0 Å². The Hall–Kier alpha value is -0.900. The molecule has 2 saturated heterocycles. The molecule has 3 atom stereocenters. The quantitative estimate of drug-likeness (QED) is 0.700. The maximum Gasteiger partial charge on any atom is 0.232 e. The van der Waals surface area contributed by atoms with Crippen LogP contribution in [0, 0.1) is 17.8 Å². The van der Waals surface area contributed by atoms with Crippen LogP contribution in [0.3, 0.4) is 0 Å². The number of carbonyl (C=O) groups is 2. The first-order valence-electron chi connectivity index (χ1n) is 6.14. The van der Waals surface area contributed by atoms with Crippen LogP contribution in [0.4, 0.5) is 0 Å². The average Bonchev–Trinajstić information content (AvgIpc) is 2.48. The molecule has 0 aromatic heterocycles. The van der Waals surface area contributed by atoms with Gasteiger partial charge in [0, 0.05) is 18.9 Å². The molecule has 0 saturated carbocycles. The molecular formula is C12H20N2O2. The fourth-order valence-corrected chi connectivity index (χ4v) is 2.61. The third kappa shape index (κ3) is 2.12. The number of imide groups is 1. The van der Waals surface area contributed by atoms with E-state index in [-0.39, 0.29) is 17.7 Å². The van der Waals surface area contributed by atoms with Gasteiger partial charge in [0.05, 0.1) is 0 Å². The fraction of sp³-hybridized carbons (Fsp3) is 0.833. The lowest BCUT2D eigenvalue weighted by Gasteiger charge is -2.32. The molecule has 2 amide bonds. The molecule has 0 aliphatic carbocycles. The van der Waals surface area contributed by atoms with Gasteiger partial charge in [-0.05, 0) is 31.3 Å². The maximum absolute atomic E-state index is 11.8. The summed E-state index contributed by atoms with van der Waals surface area (Å²) in [6.45, 7) is 6.65. The molecule has 90 valence electrons. The molecule has 1 N–H and O–H groups in total. The minimum absolute atomic E-state index is 0.0169. The summed E-state index contributed by atoms with van der Waals surface area (Å²) in [7, 11) is 0. The topological polar surface area (TPSA) is 49.4 Å². The van der Waals surface area contributed by atoms with Gasteiger partial charge in [-0.15, -0.1) is 0 Å². The number of nitrogens with one attached hydrogen (secondary N) is 1. The molecule has 2 fully saturated rings. The van der Waals surface area contributed by atoms with Crippen LogP contribution >= 0.6 is 0 Å². The molecule has 0 aromatic carbocycles. The van der Waals surface area contributed by atoms with Crippen molar-refractivity contribution in [2.75, 3.05) is 19.6 Å². The third-order valence-electron chi connectivity index (χ3n) is 3.85. The lowest BCUT2D eigenvalue weighted by Crippen LogP contribution is -2.43. The summed E-state index contributed by atoms with van der Waals surface area (Å²) in [6.07, 6.45) is 1.46. The molecule has 0 aromatic rings. The molecule has 16 heavy (non-hydrogen) atoms. The average molecular weight is 224 g/mol. The van der Waals surface area contributed by atoms with Crippen LogP contribution in [-0.2, 0) is 9.59 Å². The van der Waals surface area contributed by atoms with Gasteiger partial charge in [0.1, 0.15) is 0 Å². The van der Waals surface area contributed by atoms with E-state index in [1.54, 1.807) is 0 Å². The number of likely N-dealkylation sites (tertiary alicyclic amines) is 1. The molecule has 0 bridgehead atoms. The van der Waals surface area contributed by atoms with Crippen molar-refractivity contribution in [2.24, 2.45) is 17.8 Å². The predicted molar refractivity (Wildman–Crippen MR) is 60.6 cm³/mol. The summed E-state index contributed by atoms with van der Waals surface area (Å²) in [6, 6.07) is 0. The normalized spacial score (nSPS) is 35.9. The summed E-state index contributed by atoms with van der Waals surface area (Å²) < 4.78 is 0. The van der Waals surface area contributed by atoms with E-state index in [1.807, 2.05) is 6.92 Å². The standard InChI is InChI=1S/C12H20N2O2/c1-8-5-11(15)14(12(8)16)7-10-3-4-13-6-9(10)2/h8-10,13H,3-7H2,1-2H3. The first-order chi connectivity index (χ1) is 7.59. The summed E-state index contributed by atoms with van der Waals surface area (Å²) >= 11 is 0. The highest BCUT2D eigenvalue weighted by Gasteiger charge is 2.37. The van der Waals surface area contributed by atoms with Crippen LogP contribution in [-0.4, -0.2) is 36.3 Å². The number of piperidine rings is 1. The Labute approximate surface area is 96.4 Å². The van der Waals surface area contributed by atoms with E-state index in [4.69, 9.17) is 0 Å². The third-order valence-corrected chi connectivity index (χ3v) is 3.85. The summed E-state index contributed by atoms with van der Waals surface area (Å²) in [5.74, 6) is 0.952. The molecule has 2 aliphatic heterocycles. The van der Waals surface area contributed by atoms with Gasteiger partial charge >= 0.3 is 0 Å². The number of hydrogen-bond donors (Lipinski definition) is 1. The van der Waals surface area contributed by atoms with Crippen molar-refractivity contribution in [3.8, 4) is 0 Å². The first kappa shape index (κ1) is 11.6. The molecule has 0 spiro atoms.